The molecule has 0 saturated carbocycles. The van der Waals surface area contributed by atoms with Crippen molar-refractivity contribution in [3.8, 4) is 0 Å². The maximum Gasteiger partial charge on any atom is 0.0312 e. The molecule has 2 N–H and O–H groups in total. The fourth-order valence-electron chi connectivity index (χ4n) is 2.73. The normalized spacial score (nSPS) is 20.1. The average molecular weight is 220 g/mol. The fourth-order valence-corrected chi connectivity index (χ4v) is 2.73. The van der Waals surface area contributed by atoms with Crippen LogP contribution in [0.15, 0.2) is 12.4 Å². The van der Waals surface area contributed by atoms with Gasteiger partial charge in [0.25, 0.3) is 0 Å². The number of aryl methyl sites for hydroxylation is 1. The molecule has 0 radical (unpaired) electrons. The molecule has 0 bridgehead atoms. The lowest BCUT2D eigenvalue weighted by Crippen LogP contribution is -2.15. The highest BCUT2D eigenvalue weighted by Gasteiger charge is 2.19. The van der Waals surface area contributed by atoms with E-state index >= 15 is 0 Å². The van der Waals surface area contributed by atoms with Gasteiger partial charge >= 0.3 is 0 Å². The quantitative estimate of drug-likeness (QED) is 0.829. The van der Waals surface area contributed by atoms with Crippen molar-refractivity contribution in [1.29, 1.82) is 0 Å². The Labute approximate surface area is 98.8 Å². The van der Waals surface area contributed by atoms with Gasteiger partial charge in [0.15, 0.2) is 0 Å². The van der Waals surface area contributed by atoms with Gasteiger partial charge in [-0.2, -0.15) is 0 Å². The first-order chi connectivity index (χ1) is 7.74. The predicted octanol–water partition coefficient (Wildman–Crippen LogP) is 3.26. The number of hydrogen-bond acceptors (Lipinski definition) is 1. The second kappa shape index (κ2) is 5.05. The summed E-state index contributed by atoms with van der Waals surface area (Å²) in [4.78, 5) is 0. The van der Waals surface area contributed by atoms with Gasteiger partial charge in [-0.3, -0.25) is 0 Å². The van der Waals surface area contributed by atoms with Gasteiger partial charge in [-0.1, -0.05) is 26.7 Å². The van der Waals surface area contributed by atoms with Crippen LogP contribution >= 0.6 is 0 Å². The van der Waals surface area contributed by atoms with Crippen molar-refractivity contribution in [3.05, 3.63) is 23.5 Å². The molecule has 2 nitrogen and oxygen atoms in total. The smallest absolute Gasteiger partial charge is 0.0312 e. The molecule has 0 spiro atoms. The summed E-state index contributed by atoms with van der Waals surface area (Å²) < 4.78 is 2.37. The Morgan fingerprint density at radius 2 is 2.12 bits per heavy atom. The highest BCUT2D eigenvalue weighted by Crippen LogP contribution is 2.29. The highest BCUT2D eigenvalue weighted by molar-refractivity contribution is 5.29. The van der Waals surface area contributed by atoms with E-state index in [-0.39, 0.29) is 6.04 Å². The summed E-state index contributed by atoms with van der Waals surface area (Å²) >= 11 is 0. The lowest BCUT2D eigenvalue weighted by Gasteiger charge is -2.17. The molecule has 2 heteroatoms. The summed E-state index contributed by atoms with van der Waals surface area (Å²) in [5, 5.41) is 0. The second-order valence-electron chi connectivity index (χ2n) is 5.12. The zero-order chi connectivity index (χ0) is 11.5. The summed E-state index contributed by atoms with van der Waals surface area (Å²) in [6.07, 6.45) is 10.8. The molecule has 2 rings (SSSR count). The number of fused-ring (bicyclic) bond motifs is 1. The summed E-state index contributed by atoms with van der Waals surface area (Å²) in [6.45, 7) is 5.72. The van der Waals surface area contributed by atoms with E-state index in [2.05, 4.69) is 30.8 Å². The summed E-state index contributed by atoms with van der Waals surface area (Å²) in [5.41, 5.74) is 9.03. The number of aromatic nitrogens is 1. The van der Waals surface area contributed by atoms with Crippen molar-refractivity contribution >= 4 is 0 Å². The Balaban J connectivity index is 2.12. The molecule has 0 fully saturated rings. The molecule has 1 unspecified atom stereocenters. The third kappa shape index (κ3) is 2.32. The summed E-state index contributed by atoms with van der Waals surface area (Å²) in [7, 11) is 0. The molecule has 16 heavy (non-hydrogen) atoms. The van der Waals surface area contributed by atoms with Gasteiger partial charge in [-0.05, 0) is 36.3 Å². The van der Waals surface area contributed by atoms with Crippen LogP contribution in [0.5, 0.6) is 0 Å². The van der Waals surface area contributed by atoms with E-state index < -0.39 is 0 Å². The van der Waals surface area contributed by atoms with Crippen LogP contribution in [0.4, 0.5) is 0 Å². The largest absolute Gasteiger partial charge is 0.353 e. The van der Waals surface area contributed by atoms with E-state index in [1.807, 2.05) is 0 Å². The Morgan fingerprint density at radius 1 is 1.38 bits per heavy atom. The first-order valence-corrected chi connectivity index (χ1v) is 6.68. The molecule has 0 aliphatic heterocycles. The van der Waals surface area contributed by atoms with Crippen LogP contribution in [0.1, 0.15) is 56.7 Å². The Hall–Kier alpha value is -0.760. The van der Waals surface area contributed by atoms with Crippen molar-refractivity contribution in [2.75, 3.05) is 0 Å². The minimum absolute atomic E-state index is 0.284. The van der Waals surface area contributed by atoms with Gasteiger partial charge < -0.3 is 10.3 Å². The van der Waals surface area contributed by atoms with Crippen LogP contribution in [0.2, 0.25) is 0 Å². The predicted molar refractivity (Wildman–Crippen MR) is 68.4 cm³/mol. The molecule has 1 heterocycles. The van der Waals surface area contributed by atoms with Crippen molar-refractivity contribution < 1.29 is 0 Å². The molecule has 90 valence electrons. The molecule has 1 aromatic rings. The van der Waals surface area contributed by atoms with Gasteiger partial charge in [0.05, 0.1) is 0 Å². The fraction of sp³-hybridized carbons (Fsp3) is 0.714. The van der Waals surface area contributed by atoms with E-state index in [0.29, 0.717) is 0 Å². The topological polar surface area (TPSA) is 30.9 Å². The maximum absolute atomic E-state index is 6.14. The second-order valence-corrected chi connectivity index (χ2v) is 5.12. The Morgan fingerprint density at radius 3 is 2.75 bits per heavy atom. The van der Waals surface area contributed by atoms with Crippen LogP contribution < -0.4 is 5.73 Å². The SMILES string of the molecule is CCC(CC)Cn1cc2c(c1)C(N)CCC2. The first-order valence-electron chi connectivity index (χ1n) is 6.68. The zero-order valence-electron chi connectivity index (χ0n) is 10.6. The maximum atomic E-state index is 6.14. The number of nitrogens with zero attached hydrogens (tertiary/aromatic N) is 1. The Bertz CT molecular complexity index is 337. The molecule has 1 aromatic heterocycles. The summed E-state index contributed by atoms with van der Waals surface area (Å²) in [6, 6.07) is 0.284. The van der Waals surface area contributed by atoms with Crippen molar-refractivity contribution in [2.24, 2.45) is 11.7 Å². The van der Waals surface area contributed by atoms with Gasteiger partial charge in [-0.15, -0.1) is 0 Å². The number of rotatable bonds is 4. The molecule has 1 aliphatic carbocycles. The van der Waals surface area contributed by atoms with Gasteiger partial charge in [0, 0.05) is 25.0 Å². The van der Waals surface area contributed by atoms with Crippen molar-refractivity contribution in [3.63, 3.8) is 0 Å². The third-order valence-electron chi connectivity index (χ3n) is 3.98. The molecule has 1 atom stereocenters. The van der Waals surface area contributed by atoms with E-state index in [4.69, 9.17) is 5.73 Å². The first kappa shape index (κ1) is 11.7. The highest BCUT2D eigenvalue weighted by atomic mass is 14.9. The number of nitrogens with two attached hydrogens (primary N) is 1. The molecular formula is C14H24N2. The van der Waals surface area contributed by atoms with Crippen molar-refractivity contribution in [2.45, 2.75) is 58.5 Å². The monoisotopic (exact) mass is 220 g/mol. The molecule has 0 aromatic carbocycles. The lowest BCUT2D eigenvalue weighted by molar-refractivity contribution is 0.419. The van der Waals surface area contributed by atoms with Gasteiger partial charge in [0.2, 0.25) is 0 Å². The molecular weight excluding hydrogens is 196 g/mol. The lowest BCUT2D eigenvalue weighted by atomic mass is 9.92. The van der Waals surface area contributed by atoms with Crippen LogP contribution in [-0.2, 0) is 13.0 Å². The van der Waals surface area contributed by atoms with Crippen LogP contribution in [-0.4, -0.2) is 4.57 Å². The van der Waals surface area contributed by atoms with Crippen molar-refractivity contribution in [1.82, 2.24) is 4.57 Å². The minimum atomic E-state index is 0.284. The minimum Gasteiger partial charge on any atom is -0.353 e. The molecule has 0 amide bonds. The Kier molecular flexibility index (Phi) is 3.70. The third-order valence-corrected chi connectivity index (χ3v) is 3.98. The van der Waals surface area contributed by atoms with Gasteiger partial charge in [-0.25, -0.2) is 0 Å². The van der Waals surface area contributed by atoms with E-state index in [1.54, 1.807) is 0 Å². The standard InChI is InChI=1S/C14H24N2/c1-3-11(4-2)8-16-9-12-6-5-7-14(15)13(12)10-16/h9-11,14H,3-8,15H2,1-2H3. The van der Waals surface area contributed by atoms with Gasteiger partial charge in [0.1, 0.15) is 0 Å². The summed E-state index contributed by atoms with van der Waals surface area (Å²) in [5.74, 6) is 0.810. The number of hydrogen-bond donors (Lipinski definition) is 1. The van der Waals surface area contributed by atoms with E-state index in [0.717, 1.165) is 18.9 Å². The average Bonchev–Trinajstić information content (AvgIpc) is 2.70. The molecule has 0 saturated heterocycles. The van der Waals surface area contributed by atoms with Crippen LogP contribution in [0.25, 0.3) is 0 Å². The van der Waals surface area contributed by atoms with E-state index in [1.165, 1.54) is 36.8 Å². The van der Waals surface area contributed by atoms with E-state index in [9.17, 15) is 0 Å². The molecule has 1 aliphatic rings. The zero-order valence-corrected chi connectivity index (χ0v) is 10.6. The van der Waals surface area contributed by atoms with Crippen LogP contribution in [0.3, 0.4) is 0 Å². The van der Waals surface area contributed by atoms with Crippen LogP contribution in [0, 0.1) is 5.92 Å².